The minimum Gasteiger partial charge on any atom is -0.480 e. The average molecular weight is 289 g/mol. The molecule has 0 aromatic heterocycles. The van der Waals surface area contributed by atoms with Gasteiger partial charge in [0.1, 0.15) is 6.04 Å². The van der Waals surface area contributed by atoms with Crippen LogP contribution in [-0.2, 0) is 4.79 Å². The summed E-state index contributed by atoms with van der Waals surface area (Å²) in [5, 5.41) is 9.77. The standard InChI is InChI=1S/C18H27NO2/c1-11(2)15(17(20)21)19-16-12(3)8-7-9-14(16)13(4)10-18(19,5)6/h7-9,11,13,15H,10H2,1-6H3,(H,20,21)/t13-,15-/m0/s1. The molecule has 0 amide bonds. The summed E-state index contributed by atoms with van der Waals surface area (Å²) < 4.78 is 0. The molecule has 3 nitrogen and oxygen atoms in total. The second-order valence-corrected chi connectivity index (χ2v) is 7.33. The molecule has 2 atom stereocenters. The van der Waals surface area contributed by atoms with E-state index in [2.05, 4.69) is 50.8 Å². The predicted octanol–water partition coefficient (Wildman–Crippen LogP) is 4.20. The van der Waals surface area contributed by atoms with Crippen LogP contribution in [0.3, 0.4) is 0 Å². The Kier molecular flexibility index (Phi) is 4.05. The van der Waals surface area contributed by atoms with Gasteiger partial charge in [0.2, 0.25) is 0 Å². The number of hydrogen-bond acceptors (Lipinski definition) is 2. The number of para-hydroxylation sites is 1. The first-order chi connectivity index (χ1) is 9.66. The highest BCUT2D eigenvalue weighted by Crippen LogP contribution is 2.46. The van der Waals surface area contributed by atoms with E-state index in [0.717, 1.165) is 12.1 Å². The number of hydrogen-bond donors (Lipinski definition) is 1. The Bertz CT molecular complexity index is 548. The third-order valence-electron chi connectivity index (χ3n) is 4.66. The summed E-state index contributed by atoms with van der Waals surface area (Å²) in [7, 11) is 0. The zero-order valence-electron chi connectivity index (χ0n) is 14.0. The van der Waals surface area contributed by atoms with E-state index >= 15 is 0 Å². The minimum absolute atomic E-state index is 0.0580. The van der Waals surface area contributed by atoms with E-state index in [1.54, 1.807) is 0 Å². The number of rotatable bonds is 3. The largest absolute Gasteiger partial charge is 0.480 e. The third-order valence-corrected chi connectivity index (χ3v) is 4.66. The summed E-state index contributed by atoms with van der Waals surface area (Å²) in [4.78, 5) is 14.0. The van der Waals surface area contributed by atoms with Gasteiger partial charge in [0, 0.05) is 11.2 Å². The molecule has 0 spiro atoms. The molecule has 1 aliphatic heterocycles. The number of fused-ring (bicyclic) bond motifs is 1. The predicted molar refractivity (Wildman–Crippen MR) is 87.0 cm³/mol. The molecule has 3 heteroatoms. The number of benzene rings is 1. The van der Waals surface area contributed by atoms with Gasteiger partial charge in [-0.2, -0.15) is 0 Å². The maximum absolute atomic E-state index is 11.9. The Hall–Kier alpha value is -1.51. The van der Waals surface area contributed by atoms with Crippen molar-refractivity contribution in [2.75, 3.05) is 4.90 Å². The van der Waals surface area contributed by atoms with Crippen LogP contribution in [0.1, 0.15) is 58.1 Å². The Morgan fingerprint density at radius 2 is 2.00 bits per heavy atom. The maximum Gasteiger partial charge on any atom is 0.326 e. The highest BCUT2D eigenvalue weighted by Gasteiger charge is 2.44. The third kappa shape index (κ3) is 2.66. The van der Waals surface area contributed by atoms with Crippen LogP contribution in [0.4, 0.5) is 5.69 Å². The molecule has 0 fully saturated rings. The van der Waals surface area contributed by atoms with Crippen molar-refractivity contribution in [1.82, 2.24) is 0 Å². The molecule has 1 aromatic carbocycles. The smallest absolute Gasteiger partial charge is 0.326 e. The van der Waals surface area contributed by atoms with E-state index in [9.17, 15) is 9.90 Å². The first kappa shape index (κ1) is 15.9. The van der Waals surface area contributed by atoms with E-state index in [4.69, 9.17) is 0 Å². The van der Waals surface area contributed by atoms with Gasteiger partial charge in [-0.3, -0.25) is 0 Å². The molecule has 116 valence electrons. The second kappa shape index (κ2) is 5.36. The molecule has 0 bridgehead atoms. The average Bonchev–Trinajstić information content (AvgIpc) is 2.33. The fourth-order valence-electron chi connectivity index (χ4n) is 3.88. The summed E-state index contributed by atoms with van der Waals surface area (Å²) >= 11 is 0. The van der Waals surface area contributed by atoms with E-state index in [0.29, 0.717) is 5.92 Å². The molecule has 0 aliphatic carbocycles. The summed E-state index contributed by atoms with van der Waals surface area (Å²) in [6, 6.07) is 5.81. The van der Waals surface area contributed by atoms with Crippen LogP contribution in [0, 0.1) is 12.8 Å². The van der Waals surface area contributed by atoms with Gasteiger partial charge in [-0.05, 0) is 50.2 Å². The van der Waals surface area contributed by atoms with Gasteiger partial charge in [-0.15, -0.1) is 0 Å². The number of nitrogens with zero attached hydrogens (tertiary/aromatic N) is 1. The van der Waals surface area contributed by atoms with Crippen molar-refractivity contribution in [3.8, 4) is 0 Å². The van der Waals surface area contributed by atoms with Crippen molar-refractivity contribution >= 4 is 11.7 Å². The number of anilines is 1. The first-order valence-corrected chi connectivity index (χ1v) is 7.78. The summed E-state index contributed by atoms with van der Waals surface area (Å²) in [5.41, 5.74) is 3.41. The Balaban J connectivity index is 2.68. The molecule has 0 saturated heterocycles. The van der Waals surface area contributed by atoms with Gasteiger partial charge < -0.3 is 10.0 Å². The van der Waals surface area contributed by atoms with Crippen molar-refractivity contribution in [1.29, 1.82) is 0 Å². The number of aryl methyl sites for hydroxylation is 1. The molecule has 0 unspecified atom stereocenters. The molecule has 1 aromatic rings. The van der Waals surface area contributed by atoms with Gasteiger partial charge in [-0.25, -0.2) is 4.79 Å². The number of carbonyl (C=O) groups is 1. The molecular weight excluding hydrogens is 262 g/mol. The monoisotopic (exact) mass is 289 g/mol. The van der Waals surface area contributed by atoms with Crippen molar-refractivity contribution in [3.63, 3.8) is 0 Å². The molecule has 2 rings (SSSR count). The summed E-state index contributed by atoms with van der Waals surface area (Å²) in [5.74, 6) is -0.225. The second-order valence-electron chi connectivity index (χ2n) is 7.33. The normalized spacial score (nSPS) is 22.0. The maximum atomic E-state index is 11.9. The lowest BCUT2D eigenvalue weighted by Gasteiger charge is -2.51. The molecule has 1 N–H and O–H groups in total. The zero-order chi connectivity index (χ0) is 15.9. The highest BCUT2D eigenvalue weighted by molar-refractivity contribution is 5.81. The lowest BCUT2D eigenvalue weighted by atomic mass is 9.77. The van der Waals surface area contributed by atoms with E-state index in [-0.39, 0.29) is 11.5 Å². The van der Waals surface area contributed by atoms with Crippen LogP contribution in [0.2, 0.25) is 0 Å². The molecule has 0 radical (unpaired) electrons. The highest BCUT2D eigenvalue weighted by atomic mass is 16.4. The molecule has 1 heterocycles. The van der Waals surface area contributed by atoms with Gasteiger partial charge in [-0.1, -0.05) is 39.0 Å². The number of carboxylic acids is 1. The quantitative estimate of drug-likeness (QED) is 0.906. The molecular formula is C18H27NO2. The van der Waals surface area contributed by atoms with Crippen LogP contribution >= 0.6 is 0 Å². The lowest BCUT2D eigenvalue weighted by Crippen LogP contribution is -2.58. The van der Waals surface area contributed by atoms with Crippen molar-refractivity contribution in [3.05, 3.63) is 29.3 Å². The summed E-state index contributed by atoms with van der Waals surface area (Å²) in [6.45, 7) is 12.6. The topological polar surface area (TPSA) is 40.5 Å². The number of aliphatic carboxylic acids is 1. The van der Waals surface area contributed by atoms with Crippen molar-refractivity contribution in [2.45, 2.75) is 65.5 Å². The van der Waals surface area contributed by atoms with Crippen molar-refractivity contribution in [2.24, 2.45) is 5.92 Å². The minimum atomic E-state index is -0.734. The van der Waals surface area contributed by atoms with Crippen LogP contribution < -0.4 is 4.90 Å². The molecule has 21 heavy (non-hydrogen) atoms. The lowest BCUT2D eigenvalue weighted by molar-refractivity contribution is -0.140. The SMILES string of the molecule is Cc1cccc2c1N([C@H](C(=O)O)C(C)C)C(C)(C)C[C@@H]2C. The van der Waals surface area contributed by atoms with Crippen LogP contribution in [0.15, 0.2) is 18.2 Å². The Morgan fingerprint density at radius 3 is 2.52 bits per heavy atom. The van der Waals surface area contributed by atoms with E-state index < -0.39 is 12.0 Å². The van der Waals surface area contributed by atoms with E-state index in [1.165, 1.54) is 11.1 Å². The van der Waals surface area contributed by atoms with Gasteiger partial charge >= 0.3 is 5.97 Å². The molecule has 0 saturated carbocycles. The van der Waals surface area contributed by atoms with E-state index in [1.807, 2.05) is 13.8 Å². The Morgan fingerprint density at radius 1 is 1.38 bits per heavy atom. The zero-order valence-corrected chi connectivity index (χ0v) is 14.0. The van der Waals surface area contributed by atoms with Gasteiger partial charge in [0.25, 0.3) is 0 Å². The van der Waals surface area contributed by atoms with Gasteiger partial charge in [0.15, 0.2) is 0 Å². The fourth-order valence-corrected chi connectivity index (χ4v) is 3.88. The van der Waals surface area contributed by atoms with Crippen LogP contribution in [0.5, 0.6) is 0 Å². The van der Waals surface area contributed by atoms with Crippen LogP contribution in [0.25, 0.3) is 0 Å². The van der Waals surface area contributed by atoms with Crippen LogP contribution in [-0.4, -0.2) is 22.7 Å². The Labute approximate surface area is 128 Å². The first-order valence-electron chi connectivity index (χ1n) is 7.78. The fraction of sp³-hybridized carbons (Fsp3) is 0.611. The molecule has 1 aliphatic rings. The summed E-state index contributed by atoms with van der Waals surface area (Å²) in [6.07, 6.45) is 0.972. The van der Waals surface area contributed by atoms with Crippen molar-refractivity contribution < 1.29 is 9.90 Å². The van der Waals surface area contributed by atoms with Gasteiger partial charge in [0.05, 0.1) is 0 Å². The number of carboxylic acid groups (broad SMARTS) is 1.